The molecule has 1 N–H and O–H groups in total. The summed E-state index contributed by atoms with van der Waals surface area (Å²) in [5.74, 6) is 0. The molecular weight excluding hydrogens is 418 g/mol. The van der Waals surface area contributed by atoms with Gasteiger partial charge in [0.15, 0.2) is 0 Å². The van der Waals surface area contributed by atoms with Crippen molar-refractivity contribution in [2.24, 2.45) is 15.5 Å². The molecule has 0 bridgehead atoms. The van der Waals surface area contributed by atoms with Crippen molar-refractivity contribution in [1.29, 1.82) is 0 Å². The fraction of sp³-hybridized carbons (Fsp3) is 0.333. The van der Waals surface area contributed by atoms with E-state index in [0.29, 0.717) is 17.5 Å². The molecular formula is C24H27N7O2. The van der Waals surface area contributed by atoms with Crippen molar-refractivity contribution in [3.8, 4) is 0 Å². The summed E-state index contributed by atoms with van der Waals surface area (Å²) in [4.78, 5) is 18.8. The number of oxime groups is 1. The Morgan fingerprint density at radius 1 is 1.00 bits per heavy atom. The third-order valence-corrected chi connectivity index (χ3v) is 5.78. The molecule has 2 aromatic heterocycles. The van der Waals surface area contributed by atoms with Crippen LogP contribution in [-0.4, -0.2) is 35.7 Å². The molecule has 0 unspecified atom stereocenters. The first-order valence-corrected chi connectivity index (χ1v) is 11.0. The molecule has 9 nitrogen and oxygen atoms in total. The van der Waals surface area contributed by atoms with Gasteiger partial charge in [0.2, 0.25) is 0 Å². The van der Waals surface area contributed by atoms with E-state index in [1.165, 1.54) is 12.8 Å². The molecule has 0 amide bonds. The van der Waals surface area contributed by atoms with Crippen molar-refractivity contribution < 1.29 is 5.21 Å². The van der Waals surface area contributed by atoms with Gasteiger partial charge < -0.3 is 14.3 Å². The maximum Gasteiger partial charge on any atom is 0.0960 e. The second-order valence-electron chi connectivity index (χ2n) is 8.18. The zero-order valence-electron chi connectivity index (χ0n) is 19.0. The lowest BCUT2D eigenvalue weighted by atomic mass is 10.1. The summed E-state index contributed by atoms with van der Waals surface area (Å²) in [7, 11) is 0. The van der Waals surface area contributed by atoms with Crippen LogP contribution in [0.4, 0.5) is 0 Å². The molecule has 0 spiro atoms. The number of fused-ring (bicyclic) bond motifs is 2. The average molecular weight is 446 g/mol. The highest BCUT2D eigenvalue weighted by Gasteiger charge is 2.24. The van der Waals surface area contributed by atoms with Crippen LogP contribution in [0.15, 0.2) is 64.6 Å². The normalized spacial score (nSPS) is 14.4. The summed E-state index contributed by atoms with van der Waals surface area (Å²) in [5.41, 5.74) is 7.19. The molecule has 2 aromatic carbocycles. The highest BCUT2D eigenvalue weighted by atomic mass is 16.4. The standard InChI is InChI=1S/C12H14N4O.C12H13N3O/c1-3-6-16-8-13-11-7-10(4-5-12(11)16)9(2)14-15-17;1-8(14-16)9-2-5-11-12(6-9)15(7-13-11)10-3-4-10/h4-5,7-8H,3,6H2,1-2H3;2,5-7,10,16H,3-4H2,1H3/b14-9+;14-8-. The van der Waals surface area contributed by atoms with Crippen molar-refractivity contribution >= 4 is 33.5 Å². The third-order valence-electron chi connectivity index (χ3n) is 5.78. The van der Waals surface area contributed by atoms with Gasteiger partial charge >= 0.3 is 0 Å². The Hall–Kier alpha value is -3.88. The lowest BCUT2D eigenvalue weighted by molar-refractivity contribution is 0.319. The predicted molar refractivity (Wildman–Crippen MR) is 130 cm³/mol. The maximum atomic E-state index is 10.1. The van der Waals surface area contributed by atoms with Gasteiger partial charge in [0.1, 0.15) is 0 Å². The third kappa shape index (κ3) is 4.82. The molecule has 0 saturated heterocycles. The molecule has 1 aliphatic carbocycles. The van der Waals surface area contributed by atoms with Crippen LogP contribution in [0.5, 0.6) is 0 Å². The molecule has 1 saturated carbocycles. The zero-order chi connectivity index (χ0) is 23.4. The number of nitroso groups, excluding NO2 is 1. The quantitative estimate of drug-likeness (QED) is 0.183. The van der Waals surface area contributed by atoms with E-state index >= 15 is 0 Å². The van der Waals surface area contributed by atoms with Gasteiger partial charge in [-0.25, -0.2) is 9.97 Å². The molecule has 4 aromatic rings. The average Bonchev–Trinajstić information content (AvgIpc) is 3.47. The van der Waals surface area contributed by atoms with E-state index < -0.39 is 0 Å². The van der Waals surface area contributed by atoms with Crippen LogP contribution in [0, 0.1) is 4.91 Å². The Morgan fingerprint density at radius 2 is 1.73 bits per heavy atom. The number of benzene rings is 2. The molecule has 33 heavy (non-hydrogen) atoms. The largest absolute Gasteiger partial charge is 0.411 e. The molecule has 5 rings (SSSR count). The molecule has 0 atom stereocenters. The molecule has 9 heteroatoms. The number of rotatable bonds is 6. The Balaban J connectivity index is 0.000000157. The topological polar surface area (TPSA) is 110 Å². The Morgan fingerprint density at radius 3 is 2.42 bits per heavy atom. The molecule has 0 radical (unpaired) electrons. The molecule has 170 valence electrons. The van der Waals surface area contributed by atoms with Crippen molar-refractivity contribution in [1.82, 2.24) is 19.1 Å². The lowest BCUT2D eigenvalue weighted by Crippen LogP contribution is -1.96. The molecule has 2 heterocycles. The van der Waals surface area contributed by atoms with Crippen LogP contribution in [-0.2, 0) is 6.54 Å². The van der Waals surface area contributed by atoms with Crippen molar-refractivity contribution in [3.63, 3.8) is 0 Å². The van der Waals surface area contributed by atoms with Gasteiger partial charge in [0.05, 0.1) is 51.4 Å². The summed E-state index contributed by atoms with van der Waals surface area (Å²) < 4.78 is 4.33. The minimum Gasteiger partial charge on any atom is -0.411 e. The highest BCUT2D eigenvalue weighted by Crippen LogP contribution is 2.37. The molecule has 1 fully saturated rings. The van der Waals surface area contributed by atoms with Crippen LogP contribution in [0.1, 0.15) is 57.2 Å². The van der Waals surface area contributed by atoms with Gasteiger partial charge in [-0.1, -0.05) is 24.2 Å². The minimum atomic E-state index is 0.604. The van der Waals surface area contributed by atoms with E-state index in [1.807, 2.05) is 49.1 Å². The van der Waals surface area contributed by atoms with E-state index in [4.69, 9.17) is 5.21 Å². The van der Waals surface area contributed by atoms with E-state index in [9.17, 15) is 4.91 Å². The van der Waals surface area contributed by atoms with Crippen LogP contribution in [0.2, 0.25) is 0 Å². The Bertz CT molecular complexity index is 1350. The first-order valence-electron chi connectivity index (χ1n) is 11.0. The van der Waals surface area contributed by atoms with Crippen LogP contribution < -0.4 is 0 Å². The number of aromatic nitrogens is 4. The minimum absolute atomic E-state index is 0.604. The van der Waals surface area contributed by atoms with Crippen molar-refractivity contribution in [3.05, 3.63) is 65.1 Å². The second-order valence-corrected chi connectivity index (χ2v) is 8.18. The fourth-order valence-corrected chi connectivity index (χ4v) is 3.78. The Kier molecular flexibility index (Phi) is 6.58. The number of nitrogens with zero attached hydrogens (tertiary/aromatic N) is 7. The molecule has 0 aliphatic heterocycles. The predicted octanol–water partition coefficient (Wildman–Crippen LogP) is 5.51. The lowest BCUT2D eigenvalue weighted by Gasteiger charge is -2.03. The van der Waals surface area contributed by atoms with Gasteiger partial charge in [-0.2, -0.15) is 0 Å². The van der Waals surface area contributed by atoms with Crippen molar-refractivity contribution in [2.75, 3.05) is 0 Å². The van der Waals surface area contributed by atoms with Gasteiger partial charge in [0, 0.05) is 18.2 Å². The summed E-state index contributed by atoms with van der Waals surface area (Å²) in [6.07, 6.45) is 7.29. The first kappa shape index (κ1) is 22.3. The van der Waals surface area contributed by atoms with Crippen molar-refractivity contribution in [2.45, 2.75) is 52.6 Å². The van der Waals surface area contributed by atoms with E-state index in [-0.39, 0.29) is 0 Å². The van der Waals surface area contributed by atoms with E-state index in [0.717, 1.165) is 46.2 Å². The summed E-state index contributed by atoms with van der Waals surface area (Å²) >= 11 is 0. The van der Waals surface area contributed by atoms with Crippen LogP contribution >= 0.6 is 0 Å². The highest BCUT2D eigenvalue weighted by molar-refractivity contribution is 6.01. The summed E-state index contributed by atoms with van der Waals surface area (Å²) in [5, 5.41) is 18.0. The first-order chi connectivity index (χ1) is 16.0. The summed E-state index contributed by atoms with van der Waals surface area (Å²) in [6, 6.07) is 12.4. The van der Waals surface area contributed by atoms with Gasteiger partial charge in [-0.3, -0.25) is 0 Å². The number of aryl methyl sites for hydroxylation is 1. The van der Waals surface area contributed by atoms with Gasteiger partial charge in [-0.15, -0.1) is 10.0 Å². The summed E-state index contributed by atoms with van der Waals surface area (Å²) in [6.45, 7) is 6.64. The number of hydrogen-bond acceptors (Lipinski definition) is 6. The SMILES string of the molecule is C/C(=N/O)c1ccc2ncn(C3CC3)c2c1.CCCn1cnc2cc(/C(C)=N/N=O)ccc21. The van der Waals surface area contributed by atoms with Crippen LogP contribution in [0.25, 0.3) is 22.1 Å². The maximum absolute atomic E-state index is 10.1. The monoisotopic (exact) mass is 445 g/mol. The van der Waals surface area contributed by atoms with E-state index in [2.05, 4.69) is 41.6 Å². The molecule has 1 aliphatic rings. The zero-order valence-corrected chi connectivity index (χ0v) is 19.0. The van der Waals surface area contributed by atoms with Crippen LogP contribution in [0.3, 0.4) is 0 Å². The smallest absolute Gasteiger partial charge is 0.0960 e. The second kappa shape index (κ2) is 9.72. The van der Waals surface area contributed by atoms with E-state index in [1.54, 1.807) is 13.8 Å². The number of imidazole rings is 2. The van der Waals surface area contributed by atoms with Gasteiger partial charge in [-0.05, 0) is 62.9 Å². The van der Waals surface area contributed by atoms with Gasteiger partial charge in [0.25, 0.3) is 0 Å². The Labute approximate surface area is 191 Å². The fourth-order valence-electron chi connectivity index (χ4n) is 3.78. The number of hydrogen-bond donors (Lipinski definition) is 1.